The molecule has 0 aromatic rings. The Kier molecular flexibility index (Phi) is 1.34. The van der Waals surface area contributed by atoms with Gasteiger partial charge in [0.1, 0.15) is 0 Å². The summed E-state index contributed by atoms with van der Waals surface area (Å²) in [5, 5.41) is 9.47. The molecule has 0 bridgehead atoms. The summed E-state index contributed by atoms with van der Waals surface area (Å²) in [7, 11) is 0. The first-order valence-electron chi connectivity index (χ1n) is 4.15. The van der Waals surface area contributed by atoms with E-state index in [1.54, 1.807) is 0 Å². The van der Waals surface area contributed by atoms with Crippen LogP contribution in [0.25, 0.3) is 0 Å². The zero-order valence-electron chi connectivity index (χ0n) is 6.38. The maximum atomic E-state index is 9.47. The highest BCUT2D eigenvalue weighted by atomic mass is 16.3. The van der Waals surface area contributed by atoms with Crippen molar-refractivity contribution in [1.29, 1.82) is 0 Å². The van der Waals surface area contributed by atoms with E-state index in [-0.39, 0.29) is 6.10 Å². The van der Waals surface area contributed by atoms with E-state index < -0.39 is 0 Å². The van der Waals surface area contributed by atoms with Crippen molar-refractivity contribution in [2.24, 2.45) is 11.8 Å². The molecule has 2 aliphatic carbocycles. The highest BCUT2D eigenvalue weighted by Crippen LogP contribution is 2.43. The maximum Gasteiger partial charge on any atom is 0.0608 e. The van der Waals surface area contributed by atoms with Crippen LogP contribution in [0.15, 0.2) is 11.6 Å². The molecule has 0 aliphatic heterocycles. The van der Waals surface area contributed by atoms with Gasteiger partial charge in [-0.2, -0.15) is 0 Å². The quantitative estimate of drug-likeness (QED) is 0.505. The predicted octanol–water partition coefficient (Wildman–Crippen LogP) is 1.72. The topological polar surface area (TPSA) is 20.2 Å². The first kappa shape index (κ1) is 6.41. The molecule has 1 N–H and O–H groups in total. The van der Waals surface area contributed by atoms with Crippen molar-refractivity contribution in [1.82, 2.24) is 0 Å². The molecule has 10 heavy (non-hydrogen) atoms. The van der Waals surface area contributed by atoms with Crippen molar-refractivity contribution in [2.75, 3.05) is 0 Å². The zero-order valence-corrected chi connectivity index (χ0v) is 6.38. The van der Waals surface area contributed by atoms with Gasteiger partial charge in [-0.3, -0.25) is 0 Å². The van der Waals surface area contributed by atoms with Crippen LogP contribution >= 0.6 is 0 Å². The van der Waals surface area contributed by atoms with Gasteiger partial charge >= 0.3 is 0 Å². The summed E-state index contributed by atoms with van der Waals surface area (Å²) in [5.74, 6) is 1.26. The molecule has 1 heteroatoms. The molecule has 2 aliphatic rings. The minimum atomic E-state index is -0.0255. The average molecular weight is 138 g/mol. The summed E-state index contributed by atoms with van der Waals surface area (Å²) >= 11 is 0. The largest absolute Gasteiger partial charge is 0.392 e. The van der Waals surface area contributed by atoms with E-state index in [0.29, 0.717) is 5.92 Å². The molecule has 56 valence electrons. The molecule has 3 unspecified atom stereocenters. The highest BCUT2D eigenvalue weighted by molar-refractivity contribution is 5.22. The Morgan fingerprint density at radius 2 is 2.30 bits per heavy atom. The van der Waals surface area contributed by atoms with Gasteiger partial charge < -0.3 is 5.11 Å². The Labute approximate surface area is 61.8 Å². The van der Waals surface area contributed by atoms with Crippen LogP contribution in [-0.4, -0.2) is 11.2 Å². The second kappa shape index (κ2) is 2.09. The van der Waals surface area contributed by atoms with E-state index in [1.165, 1.54) is 18.4 Å². The third-order valence-corrected chi connectivity index (χ3v) is 2.96. The fraction of sp³-hybridized carbons (Fsp3) is 0.778. The maximum absolute atomic E-state index is 9.47. The van der Waals surface area contributed by atoms with Crippen LogP contribution in [0.5, 0.6) is 0 Å². The number of fused-ring (bicyclic) bond motifs is 1. The van der Waals surface area contributed by atoms with Crippen molar-refractivity contribution >= 4 is 0 Å². The fourth-order valence-electron chi connectivity index (χ4n) is 2.27. The summed E-state index contributed by atoms with van der Waals surface area (Å²) in [6.07, 6.45) is 5.75. The summed E-state index contributed by atoms with van der Waals surface area (Å²) in [4.78, 5) is 0. The lowest BCUT2D eigenvalue weighted by atomic mass is 9.66. The number of hydrogen-bond acceptors (Lipinski definition) is 1. The van der Waals surface area contributed by atoms with E-state index in [9.17, 15) is 5.11 Å². The second-order valence-corrected chi connectivity index (χ2v) is 3.59. The zero-order chi connectivity index (χ0) is 7.14. The average Bonchev–Trinajstić information content (AvgIpc) is 1.91. The number of rotatable bonds is 0. The molecule has 0 amide bonds. The Balaban J connectivity index is 2.12. The molecule has 0 heterocycles. The lowest BCUT2D eigenvalue weighted by molar-refractivity contribution is 0.0536. The van der Waals surface area contributed by atoms with Crippen LogP contribution in [0.4, 0.5) is 0 Å². The molecule has 1 saturated carbocycles. The van der Waals surface area contributed by atoms with Gasteiger partial charge in [-0.05, 0) is 25.7 Å². The Hall–Kier alpha value is -0.300. The number of aliphatic hydroxyl groups is 1. The van der Waals surface area contributed by atoms with Crippen LogP contribution in [-0.2, 0) is 0 Å². The van der Waals surface area contributed by atoms with Gasteiger partial charge in [0.2, 0.25) is 0 Å². The smallest absolute Gasteiger partial charge is 0.0608 e. The number of allylic oxidation sites excluding steroid dienone is 1. The lowest BCUT2D eigenvalue weighted by Gasteiger charge is -2.41. The SMILES string of the molecule is CC1=CC2C(O)CCCC12. The predicted molar refractivity (Wildman–Crippen MR) is 40.6 cm³/mol. The van der Waals surface area contributed by atoms with Crippen LogP contribution < -0.4 is 0 Å². The Morgan fingerprint density at radius 3 is 2.90 bits per heavy atom. The summed E-state index contributed by atoms with van der Waals surface area (Å²) in [6, 6.07) is 0. The molecule has 0 radical (unpaired) electrons. The summed E-state index contributed by atoms with van der Waals surface area (Å²) in [5.41, 5.74) is 1.50. The highest BCUT2D eigenvalue weighted by Gasteiger charge is 2.37. The van der Waals surface area contributed by atoms with Gasteiger partial charge in [0.05, 0.1) is 6.10 Å². The number of hydrogen-bond donors (Lipinski definition) is 1. The van der Waals surface area contributed by atoms with Crippen molar-refractivity contribution in [3.63, 3.8) is 0 Å². The summed E-state index contributed by atoms with van der Waals surface area (Å²) < 4.78 is 0. The van der Waals surface area contributed by atoms with Crippen LogP contribution in [0.1, 0.15) is 26.2 Å². The van der Waals surface area contributed by atoms with Crippen molar-refractivity contribution in [3.05, 3.63) is 11.6 Å². The van der Waals surface area contributed by atoms with Gasteiger partial charge in [-0.25, -0.2) is 0 Å². The molecule has 1 fully saturated rings. The van der Waals surface area contributed by atoms with Gasteiger partial charge in [0, 0.05) is 5.92 Å². The van der Waals surface area contributed by atoms with Crippen LogP contribution in [0.2, 0.25) is 0 Å². The van der Waals surface area contributed by atoms with Crippen molar-refractivity contribution < 1.29 is 5.11 Å². The molecule has 0 saturated heterocycles. The van der Waals surface area contributed by atoms with Gasteiger partial charge in [-0.15, -0.1) is 0 Å². The normalized spacial score (nSPS) is 45.4. The van der Waals surface area contributed by atoms with Crippen molar-refractivity contribution in [3.8, 4) is 0 Å². The molecule has 3 atom stereocenters. The number of aliphatic hydroxyl groups excluding tert-OH is 1. The first-order valence-corrected chi connectivity index (χ1v) is 4.15. The standard InChI is InChI=1S/C9H14O/c1-6-5-8-7(6)3-2-4-9(8)10/h5,7-10H,2-4H2,1H3. The molecule has 1 nitrogen and oxygen atoms in total. The molecule has 0 spiro atoms. The van der Waals surface area contributed by atoms with Gasteiger partial charge in [0.25, 0.3) is 0 Å². The molecule has 0 aromatic carbocycles. The van der Waals surface area contributed by atoms with Crippen LogP contribution in [0.3, 0.4) is 0 Å². The lowest BCUT2D eigenvalue weighted by Crippen LogP contribution is -2.37. The van der Waals surface area contributed by atoms with Crippen molar-refractivity contribution in [2.45, 2.75) is 32.3 Å². The monoisotopic (exact) mass is 138 g/mol. The fourth-order valence-corrected chi connectivity index (χ4v) is 2.27. The van der Waals surface area contributed by atoms with E-state index in [4.69, 9.17) is 0 Å². The first-order chi connectivity index (χ1) is 4.79. The molecular formula is C9H14O. The third kappa shape index (κ3) is 0.734. The molecular weight excluding hydrogens is 124 g/mol. The molecule has 2 rings (SSSR count). The minimum absolute atomic E-state index is 0.0255. The van der Waals surface area contributed by atoms with E-state index in [0.717, 1.165) is 12.3 Å². The summed E-state index contributed by atoms with van der Waals surface area (Å²) in [6.45, 7) is 2.18. The third-order valence-electron chi connectivity index (χ3n) is 2.96. The Bertz CT molecular complexity index is 172. The van der Waals surface area contributed by atoms with Gasteiger partial charge in [-0.1, -0.05) is 18.1 Å². The minimum Gasteiger partial charge on any atom is -0.392 e. The van der Waals surface area contributed by atoms with Crippen LogP contribution in [0, 0.1) is 11.8 Å². The van der Waals surface area contributed by atoms with Gasteiger partial charge in [0.15, 0.2) is 0 Å². The van der Waals surface area contributed by atoms with E-state index in [2.05, 4.69) is 13.0 Å². The second-order valence-electron chi connectivity index (χ2n) is 3.59. The Morgan fingerprint density at radius 1 is 1.50 bits per heavy atom. The van der Waals surface area contributed by atoms with E-state index >= 15 is 0 Å². The van der Waals surface area contributed by atoms with E-state index in [1.807, 2.05) is 0 Å². The molecule has 0 aromatic heterocycles.